The number of hydrogen-bond donors (Lipinski definition) is 1. The number of carboxylic acids is 1. The van der Waals surface area contributed by atoms with Crippen molar-refractivity contribution >= 4 is 5.97 Å². The van der Waals surface area contributed by atoms with E-state index in [4.69, 9.17) is 9.84 Å². The van der Waals surface area contributed by atoms with Crippen LogP contribution in [-0.2, 0) is 0 Å². The summed E-state index contributed by atoms with van der Waals surface area (Å²) in [5.74, 6) is -1.37. The van der Waals surface area contributed by atoms with Crippen molar-refractivity contribution in [2.45, 2.75) is 19.9 Å². The first-order chi connectivity index (χ1) is 9.50. The Morgan fingerprint density at radius 3 is 2.80 bits per heavy atom. The number of aromatic nitrogens is 3. The van der Waals surface area contributed by atoms with Gasteiger partial charge < -0.3 is 14.4 Å². The third-order valence-corrected chi connectivity index (χ3v) is 2.61. The van der Waals surface area contributed by atoms with Crippen LogP contribution in [0, 0.1) is 0 Å². The standard InChI is InChI=1S/C13H13N3O4/c1-8(2)16-6-5-15-11(12(16)17)20-10-7-14-4-3-9(10)13(18)19/h3-8H,1-2H3,(H,18,19). The Morgan fingerprint density at radius 2 is 2.15 bits per heavy atom. The monoisotopic (exact) mass is 275 g/mol. The molecule has 2 aromatic rings. The van der Waals surface area contributed by atoms with Gasteiger partial charge in [-0.1, -0.05) is 0 Å². The van der Waals surface area contributed by atoms with E-state index in [2.05, 4.69) is 9.97 Å². The minimum atomic E-state index is -1.16. The van der Waals surface area contributed by atoms with Gasteiger partial charge >= 0.3 is 11.5 Å². The van der Waals surface area contributed by atoms with E-state index in [1.165, 1.54) is 29.2 Å². The molecule has 0 unspecified atom stereocenters. The molecule has 0 spiro atoms. The highest BCUT2D eigenvalue weighted by atomic mass is 16.5. The van der Waals surface area contributed by atoms with Crippen LogP contribution in [-0.4, -0.2) is 25.6 Å². The van der Waals surface area contributed by atoms with Crippen LogP contribution in [0.5, 0.6) is 11.6 Å². The van der Waals surface area contributed by atoms with Crippen molar-refractivity contribution in [3.8, 4) is 11.6 Å². The van der Waals surface area contributed by atoms with E-state index in [1.54, 1.807) is 6.20 Å². The fourth-order valence-electron chi connectivity index (χ4n) is 1.62. The van der Waals surface area contributed by atoms with Crippen molar-refractivity contribution in [1.29, 1.82) is 0 Å². The molecule has 0 aliphatic carbocycles. The zero-order valence-corrected chi connectivity index (χ0v) is 11.0. The van der Waals surface area contributed by atoms with Crippen molar-refractivity contribution < 1.29 is 14.6 Å². The van der Waals surface area contributed by atoms with Crippen LogP contribution in [0.3, 0.4) is 0 Å². The smallest absolute Gasteiger partial charge is 0.339 e. The molecule has 104 valence electrons. The Hall–Kier alpha value is -2.70. The van der Waals surface area contributed by atoms with Crippen molar-refractivity contribution in [2.75, 3.05) is 0 Å². The molecule has 0 bridgehead atoms. The van der Waals surface area contributed by atoms with Gasteiger partial charge in [0.15, 0.2) is 5.75 Å². The molecule has 0 saturated carbocycles. The van der Waals surface area contributed by atoms with Gasteiger partial charge in [-0.25, -0.2) is 9.78 Å². The SMILES string of the molecule is CC(C)n1ccnc(Oc2cnccc2C(=O)O)c1=O. The first-order valence-electron chi connectivity index (χ1n) is 5.93. The highest BCUT2D eigenvalue weighted by molar-refractivity contribution is 5.90. The number of hydrogen-bond acceptors (Lipinski definition) is 5. The first kappa shape index (κ1) is 13.7. The Kier molecular flexibility index (Phi) is 3.79. The number of nitrogens with zero attached hydrogens (tertiary/aromatic N) is 3. The first-order valence-corrected chi connectivity index (χ1v) is 5.93. The van der Waals surface area contributed by atoms with Gasteiger partial charge in [0.05, 0.1) is 6.20 Å². The third kappa shape index (κ3) is 2.66. The average molecular weight is 275 g/mol. The van der Waals surface area contributed by atoms with Gasteiger partial charge in [-0.2, -0.15) is 0 Å². The summed E-state index contributed by atoms with van der Waals surface area (Å²) in [6, 6.07) is 1.24. The third-order valence-electron chi connectivity index (χ3n) is 2.61. The van der Waals surface area contributed by atoms with Gasteiger partial charge in [-0.05, 0) is 19.9 Å². The molecule has 1 N–H and O–H groups in total. The van der Waals surface area contributed by atoms with Crippen molar-refractivity contribution in [3.63, 3.8) is 0 Å². The predicted molar refractivity (Wildman–Crippen MR) is 70.2 cm³/mol. The fraction of sp³-hybridized carbons (Fsp3) is 0.231. The maximum Gasteiger partial charge on any atom is 0.339 e. The van der Waals surface area contributed by atoms with Crippen LogP contribution in [0.15, 0.2) is 35.6 Å². The number of ether oxygens (including phenoxy) is 1. The number of pyridine rings is 1. The second-order valence-electron chi connectivity index (χ2n) is 4.32. The zero-order valence-electron chi connectivity index (χ0n) is 11.0. The Labute approximate surface area is 114 Å². The molecular formula is C13H13N3O4. The van der Waals surface area contributed by atoms with E-state index in [9.17, 15) is 9.59 Å². The summed E-state index contributed by atoms with van der Waals surface area (Å²) >= 11 is 0. The maximum absolute atomic E-state index is 12.1. The second-order valence-corrected chi connectivity index (χ2v) is 4.32. The lowest BCUT2D eigenvalue weighted by atomic mass is 10.2. The largest absolute Gasteiger partial charge is 0.478 e. The van der Waals surface area contributed by atoms with Crippen LogP contribution >= 0.6 is 0 Å². The van der Waals surface area contributed by atoms with E-state index in [1.807, 2.05) is 13.8 Å². The topological polar surface area (TPSA) is 94.3 Å². The number of carbonyl (C=O) groups is 1. The summed E-state index contributed by atoms with van der Waals surface area (Å²) in [4.78, 5) is 30.8. The van der Waals surface area contributed by atoms with E-state index < -0.39 is 11.5 Å². The summed E-state index contributed by atoms with van der Waals surface area (Å²) in [6.45, 7) is 3.69. The van der Waals surface area contributed by atoms with Crippen molar-refractivity contribution in [3.05, 3.63) is 46.8 Å². The molecule has 0 aliphatic rings. The molecule has 2 rings (SSSR count). The fourth-order valence-corrected chi connectivity index (χ4v) is 1.62. The lowest BCUT2D eigenvalue weighted by Crippen LogP contribution is -2.23. The average Bonchev–Trinajstić information content (AvgIpc) is 2.41. The highest BCUT2D eigenvalue weighted by Gasteiger charge is 2.15. The summed E-state index contributed by atoms with van der Waals surface area (Å²) < 4.78 is 6.75. The van der Waals surface area contributed by atoms with Crippen LogP contribution in [0.4, 0.5) is 0 Å². The Balaban J connectivity index is 2.44. The number of carboxylic acid groups (broad SMARTS) is 1. The van der Waals surface area contributed by atoms with Crippen LogP contribution < -0.4 is 10.3 Å². The lowest BCUT2D eigenvalue weighted by molar-refractivity contribution is 0.0694. The molecule has 0 aliphatic heterocycles. The zero-order chi connectivity index (χ0) is 14.7. The molecule has 0 saturated heterocycles. The van der Waals surface area contributed by atoms with Crippen LogP contribution in [0.25, 0.3) is 0 Å². The maximum atomic E-state index is 12.1. The van der Waals surface area contributed by atoms with Gasteiger partial charge in [-0.15, -0.1) is 0 Å². The van der Waals surface area contributed by atoms with E-state index >= 15 is 0 Å². The molecule has 2 heterocycles. The second kappa shape index (κ2) is 5.52. The lowest BCUT2D eigenvalue weighted by Gasteiger charge is -2.11. The summed E-state index contributed by atoms with van der Waals surface area (Å²) in [7, 11) is 0. The quantitative estimate of drug-likeness (QED) is 0.912. The minimum absolute atomic E-state index is 0.0221. The van der Waals surface area contributed by atoms with Gasteiger partial charge in [0, 0.05) is 24.6 Å². The van der Waals surface area contributed by atoms with Crippen LogP contribution in [0.1, 0.15) is 30.2 Å². The number of rotatable bonds is 4. The molecule has 0 atom stereocenters. The van der Waals surface area contributed by atoms with Crippen molar-refractivity contribution in [2.24, 2.45) is 0 Å². The predicted octanol–water partition coefficient (Wildman–Crippen LogP) is 1.71. The molecule has 7 heteroatoms. The molecule has 0 amide bonds. The summed E-state index contributed by atoms with van der Waals surface area (Å²) in [5, 5.41) is 9.04. The Morgan fingerprint density at radius 1 is 1.40 bits per heavy atom. The number of aromatic carboxylic acids is 1. The Bertz CT molecular complexity index is 694. The molecule has 20 heavy (non-hydrogen) atoms. The van der Waals surface area contributed by atoms with E-state index in [0.717, 1.165) is 0 Å². The molecule has 7 nitrogen and oxygen atoms in total. The minimum Gasteiger partial charge on any atom is -0.478 e. The van der Waals surface area contributed by atoms with Gasteiger partial charge in [0.25, 0.3) is 5.88 Å². The highest BCUT2D eigenvalue weighted by Crippen LogP contribution is 2.20. The molecule has 0 aromatic carbocycles. The van der Waals surface area contributed by atoms with Gasteiger partial charge in [0.1, 0.15) is 5.56 Å². The summed E-state index contributed by atoms with van der Waals surface area (Å²) in [6.07, 6.45) is 5.53. The van der Waals surface area contributed by atoms with E-state index in [0.29, 0.717) is 0 Å². The molecule has 0 fully saturated rings. The molecular weight excluding hydrogens is 262 g/mol. The molecule has 2 aromatic heterocycles. The summed E-state index contributed by atoms with van der Waals surface area (Å²) in [5.41, 5.74) is -0.510. The normalized spacial score (nSPS) is 10.6. The van der Waals surface area contributed by atoms with Gasteiger partial charge in [0.2, 0.25) is 0 Å². The molecule has 0 radical (unpaired) electrons. The van der Waals surface area contributed by atoms with Crippen LogP contribution in [0.2, 0.25) is 0 Å². The van der Waals surface area contributed by atoms with E-state index in [-0.39, 0.29) is 23.2 Å². The van der Waals surface area contributed by atoms with Crippen molar-refractivity contribution in [1.82, 2.24) is 14.5 Å². The van der Waals surface area contributed by atoms with Gasteiger partial charge in [-0.3, -0.25) is 9.78 Å².